The molecule has 126 valence electrons. The minimum atomic E-state index is -4.66. The molecule has 0 spiro atoms. The topological polar surface area (TPSA) is 55.8 Å². The maximum atomic E-state index is 12.8. The number of alkyl halides is 3. The zero-order valence-corrected chi connectivity index (χ0v) is 12.3. The second-order valence-corrected chi connectivity index (χ2v) is 4.68. The second-order valence-electron chi connectivity index (χ2n) is 4.68. The molecular weight excluding hydrogens is 325 g/mol. The number of aliphatic carboxylic acids is 1. The Morgan fingerprint density at radius 1 is 0.875 bits per heavy atom. The van der Waals surface area contributed by atoms with Crippen molar-refractivity contribution in [2.45, 2.75) is 12.6 Å². The summed E-state index contributed by atoms with van der Waals surface area (Å²) >= 11 is 0. The fourth-order valence-corrected chi connectivity index (χ4v) is 1.80. The predicted octanol–water partition coefficient (Wildman–Crippen LogP) is 4.39. The van der Waals surface area contributed by atoms with E-state index in [9.17, 15) is 23.1 Å². The van der Waals surface area contributed by atoms with Crippen molar-refractivity contribution in [1.82, 2.24) is 0 Å². The highest BCUT2D eigenvalue weighted by Crippen LogP contribution is 2.29. The summed E-state index contributed by atoms with van der Waals surface area (Å²) in [6.07, 6.45) is -6.23. The third-order valence-corrected chi connectivity index (χ3v) is 2.76. The van der Waals surface area contributed by atoms with E-state index in [0.29, 0.717) is 0 Å². The second kappa shape index (κ2) is 7.54. The number of hydrogen-bond donors (Lipinski definition) is 1. The largest absolute Gasteiger partial charge is 0.475 e. The average Bonchev–Trinajstić information content (AvgIpc) is 2.52. The lowest BCUT2D eigenvalue weighted by Gasteiger charge is -2.16. The number of carbonyl (C=O) groups is 1. The lowest BCUT2D eigenvalue weighted by molar-refractivity contribution is -0.137. The molecule has 0 aliphatic heterocycles. The smallest absolute Gasteiger partial charge is 0.396 e. The fraction of sp³-hybridized carbons (Fsp3) is 0.118. The van der Waals surface area contributed by atoms with E-state index in [1.165, 1.54) is 24.3 Å². The highest BCUT2D eigenvalue weighted by atomic mass is 19.4. The molecular formula is C17H13F3O4. The van der Waals surface area contributed by atoms with Gasteiger partial charge in [0.15, 0.2) is 5.76 Å². The van der Waals surface area contributed by atoms with Crippen LogP contribution in [0.4, 0.5) is 13.2 Å². The van der Waals surface area contributed by atoms with Crippen molar-refractivity contribution < 1.29 is 32.5 Å². The van der Waals surface area contributed by atoms with Crippen LogP contribution in [0.1, 0.15) is 6.42 Å². The molecule has 7 heteroatoms. The van der Waals surface area contributed by atoms with Gasteiger partial charge in [-0.2, -0.15) is 13.2 Å². The normalized spacial score (nSPS) is 12.3. The third-order valence-electron chi connectivity index (χ3n) is 2.76. The summed E-state index contributed by atoms with van der Waals surface area (Å²) in [4.78, 5) is 11.4. The highest BCUT2D eigenvalue weighted by molar-refractivity contribution is 5.85. The molecule has 2 aromatic rings. The molecule has 0 aliphatic carbocycles. The number of ether oxygens (including phenoxy) is 2. The van der Waals surface area contributed by atoms with Crippen LogP contribution in [0.3, 0.4) is 0 Å². The van der Waals surface area contributed by atoms with Crippen molar-refractivity contribution in [1.29, 1.82) is 0 Å². The van der Waals surface area contributed by atoms with Crippen LogP contribution >= 0.6 is 0 Å². The zero-order chi connectivity index (χ0) is 17.6. The van der Waals surface area contributed by atoms with Gasteiger partial charge in [0.2, 0.25) is 0 Å². The molecule has 0 saturated carbocycles. The number of carboxylic acids is 1. The van der Waals surface area contributed by atoms with Gasteiger partial charge < -0.3 is 14.6 Å². The molecule has 4 nitrogen and oxygen atoms in total. The van der Waals surface area contributed by atoms with Crippen LogP contribution in [-0.2, 0) is 4.79 Å². The quantitative estimate of drug-likeness (QED) is 0.627. The van der Waals surface area contributed by atoms with E-state index in [-0.39, 0.29) is 11.5 Å². The Bertz CT molecular complexity index is 710. The Morgan fingerprint density at radius 3 is 1.75 bits per heavy atom. The first-order valence-electron chi connectivity index (χ1n) is 6.84. The maximum Gasteiger partial charge on any atom is 0.396 e. The van der Waals surface area contributed by atoms with Gasteiger partial charge in [0, 0.05) is 0 Å². The molecule has 2 aromatic carbocycles. The van der Waals surface area contributed by atoms with Crippen LogP contribution in [0.15, 0.2) is 72.2 Å². The molecule has 0 radical (unpaired) electrons. The lowest BCUT2D eigenvalue weighted by Crippen LogP contribution is -2.19. The molecule has 0 unspecified atom stereocenters. The van der Waals surface area contributed by atoms with Crippen molar-refractivity contribution in [3.8, 4) is 11.5 Å². The molecule has 2 rings (SSSR count). The molecule has 0 bridgehead atoms. The number of rotatable bonds is 6. The Hall–Kier alpha value is -2.96. The molecule has 0 fully saturated rings. The average molecular weight is 338 g/mol. The van der Waals surface area contributed by atoms with E-state index in [2.05, 4.69) is 0 Å². The van der Waals surface area contributed by atoms with Gasteiger partial charge >= 0.3 is 12.1 Å². The summed E-state index contributed by atoms with van der Waals surface area (Å²) in [5.41, 5.74) is 0. The summed E-state index contributed by atoms with van der Waals surface area (Å²) in [5.74, 6) is -3.24. The zero-order valence-electron chi connectivity index (χ0n) is 12.3. The third kappa shape index (κ3) is 5.35. The summed E-state index contributed by atoms with van der Waals surface area (Å²) in [7, 11) is 0. The minimum absolute atomic E-state index is 0.0761. The number of halogens is 3. The van der Waals surface area contributed by atoms with Gasteiger partial charge in [-0.25, -0.2) is 4.79 Å². The standard InChI is InChI=1S/C17H13F3O4/c18-17(19,20)11-14(23-12-7-3-1-4-8-12)15(16(21)22)24-13-9-5-2-6-10-13/h1-10H,11H2,(H,21,22). The van der Waals surface area contributed by atoms with Crippen molar-refractivity contribution in [2.24, 2.45) is 0 Å². The van der Waals surface area contributed by atoms with Gasteiger partial charge in [-0.1, -0.05) is 36.4 Å². The van der Waals surface area contributed by atoms with Gasteiger partial charge in [0.1, 0.15) is 17.9 Å². The van der Waals surface area contributed by atoms with Crippen molar-refractivity contribution in [3.63, 3.8) is 0 Å². The van der Waals surface area contributed by atoms with Gasteiger partial charge in [-0.05, 0) is 24.3 Å². The molecule has 0 amide bonds. The van der Waals surface area contributed by atoms with Gasteiger partial charge in [0.25, 0.3) is 5.76 Å². The minimum Gasteiger partial charge on any atom is -0.475 e. The highest BCUT2D eigenvalue weighted by Gasteiger charge is 2.34. The Morgan fingerprint density at radius 2 is 1.33 bits per heavy atom. The molecule has 0 atom stereocenters. The molecule has 0 saturated heterocycles. The molecule has 24 heavy (non-hydrogen) atoms. The van der Waals surface area contributed by atoms with Gasteiger partial charge in [0.05, 0.1) is 0 Å². The first-order chi connectivity index (χ1) is 11.3. The van der Waals surface area contributed by atoms with Crippen LogP contribution in [0.25, 0.3) is 0 Å². The number of para-hydroxylation sites is 2. The van der Waals surface area contributed by atoms with E-state index in [1.807, 2.05) is 0 Å². The first kappa shape index (κ1) is 17.4. The van der Waals surface area contributed by atoms with E-state index in [0.717, 1.165) is 0 Å². The van der Waals surface area contributed by atoms with Crippen LogP contribution in [0.5, 0.6) is 11.5 Å². The Balaban J connectivity index is 2.41. The number of carboxylic acid groups (broad SMARTS) is 1. The molecule has 0 heterocycles. The Labute approximate surface area is 135 Å². The van der Waals surface area contributed by atoms with Crippen LogP contribution in [0.2, 0.25) is 0 Å². The monoisotopic (exact) mass is 338 g/mol. The predicted molar refractivity (Wildman–Crippen MR) is 79.5 cm³/mol. The van der Waals surface area contributed by atoms with Crippen LogP contribution < -0.4 is 9.47 Å². The van der Waals surface area contributed by atoms with Gasteiger partial charge in [-0.3, -0.25) is 0 Å². The number of hydrogen-bond acceptors (Lipinski definition) is 3. The lowest BCUT2D eigenvalue weighted by atomic mass is 10.2. The Kier molecular flexibility index (Phi) is 5.47. The van der Waals surface area contributed by atoms with E-state index in [1.54, 1.807) is 36.4 Å². The SMILES string of the molecule is O=C(O)C(Oc1ccccc1)=C(CC(F)(F)F)Oc1ccccc1. The maximum absolute atomic E-state index is 12.8. The summed E-state index contributed by atoms with van der Waals surface area (Å²) in [5, 5.41) is 9.25. The molecule has 0 aliphatic rings. The number of allylic oxidation sites excluding steroid dienone is 1. The molecule has 0 aromatic heterocycles. The van der Waals surface area contributed by atoms with E-state index >= 15 is 0 Å². The van der Waals surface area contributed by atoms with Crippen molar-refractivity contribution in [2.75, 3.05) is 0 Å². The fourth-order valence-electron chi connectivity index (χ4n) is 1.80. The first-order valence-corrected chi connectivity index (χ1v) is 6.84. The van der Waals surface area contributed by atoms with E-state index < -0.39 is 30.1 Å². The summed E-state index contributed by atoms with van der Waals surface area (Å²) in [6.45, 7) is 0. The van der Waals surface area contributed by atoms with Crippen molar-refractivity contribution in [3.05, 3.63) is 72.2 Å². The van der Waals surface area contributed by atoms with E-state index in [4.69, 9.17) is 9.47 Å². The molecule has 1 N–H and O–H groups in total. The van der Waals surface area contributed by atoms with Gasteiger partial charge in [-0.15, -0.1) is 0 Å². The number of benzene rings is 2. The summed E-state index contributed by atoms with van der Waals surface area (Å²) in [6, 6.07) is 15.2. The summed E-state index contributed by atoms with van der Waals surface area (Å²) < 4.78 is 48.7. The van der Waals surface area contributed by atoms with Crippen LogP contribution in [0, 0.1) is 0 Å². The van der Waals surface area contributed by atoms with Crippen molar-refractivity contribution >= 4 is 5.97 Å². The van der Waals surface area contributed by atoms with Crippen LogP contribution in [-0.4, -0.2) is 17.3 Å².